The van der Waals surface area contributed by atoms with E-state index in [1.807, 2.05) is 24.3 Å². The maximum atomic E-state index is 15.9. The van der Waals surface area contributed by atoms with E-state index in [0.717, 1.165) is 43.3 Å². The Morgan fingerprint density at radius 3 is 2.76 bits per heavy atom. The molecule has 0 radical (unpaired) electrons. The van der Waals surface area contributed by atoms with Crippen molar-refractivity contribution in [2.24, 2.45) is 11.1 Å². The first-order valence-corrected chi connectivity index (χ1v) is 13.7. The van der Waals surface area contributed by atoms with Gasteiger partial charge < -0.3 is 20.5 Å². The molecule has 0 aliphatic carbocycles. The highest BCUT2D eigenvalue weighted by molar-refractivity contribution is 7.99. The molecule has 0 bridgehead atoms. The summed E-state index contributed by atoms with van der Waals surface area (Å²) in [5.41, 5.74) is 7.43. The number of fused-ring (bicyclic) bond motifs is 1. The van der Waals surface area contributed by atoms with Crippen LogP contribution in [0.25, 0.3) is 10.9 Å². The van der Waals surface area contributed by atoms with Crippen molar-refractivity contribution in [1.82, 2.24) is 14.9 Å². The van der Waals surface area contributed by atoms with Gasteiger partial charge in [-0.25, -0.2) is 9.37 Å². The molecule has 2 aromatic heterocycles. The number of thioether (sulfide) groups is 1. The van der Waals surface area contributed by atoms with Crippen LogP contribution in [-0.4, -0.2) is 58.4 Å². The third-order valence-corrected chi connectivity index (χ3v) is 8.32. The topological polar surface area (TPSA) is 102 Å². The zero-order chi connectivity index (χ0) is 26.3. The van der Waals surface area contributed by atoms with Crippen molar-refractivity contribution >= 4 is 28.6 Å². The van der Waals surface area contributed by atoms with Gasteiger partial charge in [-0.3, -0.25) is 9.78 Å². The Balaban J connectivity index is 1.42. The Morgan fingerprint density at radius 1 is 1.27 bits per heavy atom. The lowest BCUT2D eigenvalue weighted by molar-refractivity contribution is -0.141. The van der Waals surface area contributed by atoms with Gasteiger partial charge in [-0.05, 0) is 80.1 Å². The predicted octanol–water partition coefficient (Wildman–Crippen LogP) is 5.24. The number of nitrogens with zero attached hydrogens (tertiary/aromatic N) is 3. The third-order valence-electron chi connectivity index (χ3n) is 7.40. The minimum atomic E-state index is -1.27. The first-order chi connectivity index (χ1) is 17.9. The van der Waals surface area contributed by atoms with Crippen molar-refractivity contribution in [3.8, 4) is 5.75 Å². The number of piperidine rings is 1. The quantitative estimate of drug-likeness (QED) is 0.309. The summed E-state index contributed by atoms with van der Waals surface area (Å²) in [4.78, 5) is 22.9. The highest BCUT2D eigenvalue weighted by atomic mass is 32.2. The van der Waals surface area contributed by atoms with Crippen molar-refractivity contribution in [3.63, 3.8) is 0 Å². The second-order valence-electron chi connectivity index (χ2n) is 9.72. The molecule has 198 valence electrons. The average Bonchev–Trinajstić information content (AvgIpc) is 2.92. The maximum absolute atomic E-state index is 15.9. The molecule has 3 N–H and O–H groups in total. The van der Waals surface area contributed by atoms with Crippen molar-refractivity contribution in [1.29, 1.82) is 0 Å². The Labute approximate surface area is 221 Å². The number of aliphatic carboxylic acids is 1. The van der Waals surface area contributed by atoms with Crippen LogP contribution in [-0.2, 0) is 11.3 Å². The number of methoxy groups -OCH3 is 1. The van der Waals surface area contributed by atoms with Crippen LogP contribution in [0.3, 0.4) is 0 Å². The molecule has 1 saturated heterocycles. The summed E-state index contributed by atoms with van der Waals surface area (Å²) in [7, 11) is 1.58. The van der Waals surface area contributed by atoms with Crippen molar-refractivity contribution in [2.75, 3.05) is 32.5 Å². The van der Waals surface area contributed by atoms with Crippen LogP contribution in [0.15, 0.2) is 53.8 Å². The van der Waals surface area contributed by atoms with Crippen LogP contribution >= 0.6 is 11.8 Å². The summed E-state index contributed by atoms with van der Waals surface area (Å²) in [6, 6.07) is 11.3. The number of carboxylic acid groups (broad SMARTS) is 1. The summed E-state index contributed by atoms with van der Waals surface area (Å²) in [5.74, 6) is 0.736. The van der Waals surface area contributed by atoms with Crippen molar-refractivity contribution < 1.29 is 19.0 Å². The lowest BCUT2D eigenvalue weighted by Gasteiger charge is -2.41. The number of halogens is 1. The van der Waals surface area contributed by atoms with Gasteiger partial charge in [0.1, 0.15) is 11.9 Å². The van der Waals surface area contributed by atoms with Gasteiger partial charge in [-0.1, -0.05) is 6.07 Å². The van der Waals surface area contributed by atoms with Crippen molar-refractivity contribution in [3.05, 3.63) is 59.9 Å². The van der Waals surface area contributed by atoms with Gasteiger partial charge in [0.25, 0.3) is 0 Å². The number of carboxylic acids is 1. The van der Waals surface area contributed by atoms with Crippen molar-refractivity contribution in [2.45, 2.75) is 49.8 Å². The van der Waals surface area contributed by atoms with Gasteiger partial charge in [-0.15, -0.1) is 11.8 Å². The number of ether oxygens (including phenoxy) is 1. The monoisotopic (exact) mass is 526 g/mol. The van der Waals surface area contributed by atoms with E-state index in [4.69, 9.17) is 10.5 Å². The first-order valence-electron chi connectivity index (χ1n) is 12.7. The molecule has 9 heteroatoms. The Morgan fingerprint density at radius 2 is 2.08 bits per heavy atom. The summed E-state index contributed by atoms with van der Waals surface area (Å²) < 4.78 is 21.3. The minimum Gasteiger partial charge on any atom is -0.497 e. The molecular weight excluding hydrogens is 491 g/mol. The summed E-state index contributed by atoms with van der Waals surface area (Å²) in [5, 5.41) is 11.4. The zero-order valence-electron chi connectivity index (χ0n) is 21.2. The second-order valence-corrected chi connectivity index (χ2v) is 10.8. The smallest absolute Gasteiger partial charge is 0.303 e. The minimum absolute atomic E-state index is 0.0604. The molecule has 7 nitrogen and oxygen atoms in total. The van der Waals surface area contributed by atoms with E-state index in [2.05, 4.69) is 14.9 Å². The summed E-state index contributed by atoms with van der Waals surface area (Å²) in [6.45, 7) is 2.73. The van der Waals surface area contributed by atoms with E-state index in [1.165, 1.54) is 0 Å². The summed E-state index contributed by atoms with van der Waals surface area (Å²) in [6.07, 6.45) is 4.47. The number of likely N-dealkylation sites (tertiary alicyclic amines) is 1. The van der Waals surface area contributed by atoms with E-state index in [-0.39, 0.29) is 19.4 Å². The highest BCUT2D eigenvalue weighted by Gasteiger charge is 2.37. The molecule has 0 amide bonds. The van der Waals surface area contributed by atoms with E-state index in [0.29, 0.717) is 34.2 Å². The molecule has 1 aliphatic heterocycles. The number of pyridine rings is 2. The van der Waals surface area contributed by atoms with Gasteiger partial charge in [0.15, 0.2) is 0 Å². The summed E-state index contributed by atoms with van der Waals surface area (Å²) >= 11 is 1.72. The molecular formula is C28H35FN4O3S. The average molecular weight is 527 g/mol. The molecule has 1 unspecified atom stereocenters. The number of rotatable bonds is 12. The largest absolute Gasteiger partial charge is 0.497 e. The molecule has 3 heterocycles. The second kappa shape index (κ2) is 12.7. The van der Waals surface area contributed by atoms with Crippen LogP contribution in [0.2, 0.25) is 0 Å². The maximum Gasteiger partial charge on any atom is 0.303 e. The highest BCUT2D eigenvalue weighted by Crippen LogP contribution is 2.43. The Kier molecular flexibility index (Phi) is 9.34. The van der Waals surface area contributed by atoms with Crippen LogP contribution in [0.4, 0.5) is 4.39 Å². The molecule has 4 rings (SSSR count). The Bertz CT molecular complexity index is 1180. The molecule has 3 aromatic rings. The standard InChI is InChI=1S/C28H35FN4O3S/c1-36-21-5-6-24-22(16-21)27(20(18-30)19-32-24)23(29)7-8-28(17-26(34)35)9-12-33(13-10-28)14-15-37-25-4-2-3-11-31-25/h2-6,11,16,19,23H,7-10,12-15,17-18,30H2,1H3,(H,34,35). The first kappa shape index (κ1) is 27.3. The van der Waals surface area contributed by atoms with Crippen LogP contribution in [0.1, 0.15) is 49.4 Å². The van der Waals surface area contributed by atoms with E-state index >= 15 is 4.39 Å². The molecule has 37 heavy (non-hydrogen) atoms. The molecule has 1 fully saturated rings. The lowest BCUT2D eigenvalue weighted by Crippen LogP contribution is -2.42. The lowest BCUT2D eigenvalue weighted by atomic mass is 9.71. The number of hydrogen-bond acceptors (Lipinski definition) is 7. The van der Waals surface area contributed by atoms with Crippen LogP contribution < -0.4 is 10.5 Å². The predicted molar refractivity (Wildman–Crippen MR) is 145 cm³/mol. The van der Waals surface area contributed by atoms with Gasteiger partial charge in [0, 0.05) is 42.2 Å². The third kappa shape index (κ3) is 6.97. The number of benzene rings is 1. The van der Waals surface area contributed by atoms with Gasteiger partial charge >= 0.3 is 5.97 Å². The number of alkyl halides is 1. The molecule has 1 aliphatic rings. The fourth-order valence-electron chi connectivity index (χ4n) is 5.27. The van der Waals surface area contributed by atoms with E-state index in [9.17, 15) is 9.90 Å². The molecule has 1 atom stereocenters. The molecule has 0 saturated carbocycles. The Hall–Kier alpha value is -2.75. The fourth-order valence-corrected chi connectivity index (χ4v) is 6.14. The number of aromatic nitrogens is 2. The normalized spacial score (nSPS) is 16.5. The fraction of sp³-hybridized carbons (Fsp3) is 0.464. The number of carbonyl (C=O) groups is 1. The van der Waals surface area contributed by atoms with Crippen LogP contribution in [0.5, 0.6) is 5.75 Å². The zero-order valence-corrected chi connectivity index (χ0v) is 22.1. The van der Waals surface area contributed by atoms with Crippen LogP contribution in [0, 0.1) is 5.41 Å². The number of nitrogens with two attached hydrogens (primary N) is 1. The van der Waals surface area contributed by atoms with Gasteiger partial charge in [-0.2, -0.15) is 0 Å². The molecule has 0 spiro atoms. The van der Waals surface area contributed by atoms with Gasteiger partial charge in [0.2, 0.25) is 0 Å². The SMILES string of the molecule is COc1ccc2ncc(CN)c(C(F)CCC3(CC(=O)O)CCN(CCSc4ccccn4)CC3)c2c1. The van der Waals surface area contributed by atoms with E-state index < -0.39 is 17.6 Å². The van der Waals surface area contributed by atoms with E-state index in [1.54, 1.807) is 43.4 Å². The number of hydrogen-bond donors (Lipinski definition) is 2. The molecule has 1 aromatic carbocycles. The van der Waals surface area contributed by atoms with Gasteiger partial charge in [0.05, 0.1) is 24.1 Å².